The van der Waals surface area contributed by atoms with Gasteiger partial charge in [0.2, 0.25) is 0 Å². The predicted molar refractivity (Wildman–Crippen MR) is 83.3 cm³/mol. The second-order valence-corrected chi connectivity index (χ2v) is 6.50. The van der Waals surface area contributed by atoms with E-state index in [0.717, 1.165) is 38.4 Å². The highest BCUT2D eigenvalue weighted by molar-refractivity contribution is 5.04. The minimum absolute atomic E-state index is 0.268. The second kappa shape index (κ2) is 6.95. The Bertz CT molecular complexity index is 406. The molecule has 0 unspecified atom stereocenters. The van der Waals surface area contributed by atoms with Gasteiger partial charge in [0.25, 0.3) is 0 Å². The van der Waals surface area contributed by atoms with Gasteiger partial charge < -0.3 is 14.5 Å². The highest BCUT2D eigenvalue weighted by Crippen LogP contribution is 2.31. The fraction of sp³-hybridized carbons (Fsp3) is 0.765. The molecular formula is C17H28N2O2. The van der Waals surface area contributed by atoms with Crippen LogP contribution in [0.15, 0.2) is 22.8 Å². The molecule has 1 aromatic rings. The zero-order chi connectivity index (χ0) is 14.5. The molecule has 0 aliphatic carbocycles. The Balaban J connectivity index is 1.64. The summed E-state index contributed by atoms with van der Waals surface area (Å²) in [5.74, 6) is 1.02. The highest BCUT2D eigenvalue weighted by Gasteiger charge is 2.38. The lowest BCUT2D eigenvalue weighted by molar-refractivity contribution is -0.0368. The highest BCUT2D eigenvalue weighted by atomic mass is 16.5. The van der Waals surface area contributed by atoms with E-state index in [1.165, 1.54) is 32.4 Å². The first-order valence-corrected chi connectivity index (χ1v) is 8.40. The summed E-state index contributed by atoms with van der Waals surface area (Å²) < 4.78 is 11.1. The van der Waals surface area contributed by atoms with Gasteiger partial charge in [-0.1, -0.05) is 6.42 Å². The van der Waals surface area contributed by atoms with Crippen LogP contribution in [0.25, 0.3) is 0 Å². The molecule has 2 aliphatic rings. The normalized spacial score (nSPS) is 24.8. The molecule has 0 aromatic carbocycles. The molecule has 118 valence electrons. The van der Waals surface area contributed by atoms with Crippen molar-refractivity contribution in [3.8, 4) is 0 Å². The Morgan fingerprint density at radius 3 is 2.67 bits per heavy atom. The number of likely N-dealkylation sites (tertiary alicyclic amines) is 1. The minimum Gasteiger partial charge on any atom is -0.468 e. The molecule has 3 heterocycles. The predicted octanol–water partition coefficient (Wildman–Crippen LogP) is 2.97. The molecule has 21 heavy (non-hydrogen) atoms. The van der Waals surface area contributed by atoms with E-state index < -0.39 is 0 Å². The van der Waals surface area contributed by atoms with E-state index in [2.05, 4.69) is 23.2 Å². The third kappa shape index (κ3) is 3.50. The van der Waals surface area contributed by atoms with E-state index in [4.69, 9.17) is 9.15 Å². The van der Waals surface area contributed by atoms with Crippen molar-refractivity contribution in [1.29, 1.82) is 0 Å². The zero-order valence-electron chi connectivity index (χ0n) is 13.1. The lowest BCUT2D eigenvalue weighted by Gasteiger charge is -2.48. The summed E-state index contributed by atoms with van der Waals surface area (Å²) in [5.41, 5.74) is 0.277. The zero-order valence-corrected chi connectivity index (χ0v) is 13.1. The summed E-state index contributed by atoms with van der Waals surface area (Å²) in [6.07, 6.45) is 8.12. The molecule has 0 bridgehead atoms. The van der Waals surface area contributed by atoms with Gasteiger partial charge in [0.05, 0.1) is 12.3 Å². The smallest absolute Gasteiger partial charge is 0.120 e. The van der Waals surface area contributed by atoms with Gasteiger partial charge in [0.15, 0.2) is 0 Å². The van der Waals surface area contributed by atoms with Crippen LogP contribution in [0.1, 0.15) is 50.8 Å². The summed E-state index contributed by atoms with van der Waals surface area (Å²) in [6, 6.07) is 4.28. The van der Waals surface area contributed by atoms with Gasteiger partial charge in [0, 0.05) is 25.3 Å². The Morgan fingerprint density at radius 1 is 1.24 bits per heavy atom. The van der Waals surface area contributed by atoms with Gasteiger partial charge >= 0.3 is 0 Å². The third-order valence-electron chi connectivity index (χ3n) is 5.16. The van der Waals surface area contributed by atoms with E-state index in [1.807, 2.05) is 6.07 Å². The van der Waals surface area contributed by atoms with Crippen molar-refractivity contribution in [1.82, 2.24) is 10.2 Å². The van der Waals surface area contributed by atoms with Crippen LogP contribution in [-0.4, -0.2) is 43.3 Å². The Hall–Kier alpha value is -0.840. The van der Waals surface area contributed by atoms with Crippen LogP contribution in [0.3, 0.4) is 0 Å². The summed E-state index contributed by atoms with van der Waals surface area (Å²) in [4.78, 5) is 2.72. The molecule has 4 nitrogen and oxygen atoms in total. The summed E-state index contributed by atoms with van der Waals surface area (Å²) >= 11 is 0. The number of nitrogens with one attached hydrogen (secondary N) is 1. The number of furan rings is 1. The maximum Gasteiger partial charge on any atom is 0.120 e. The van der Waals surface area contributed by atoms with Crippen molar-refractivity contribution in [2.24, 2.45) is 0 Å². The first-order valence-electron chi connectivity index (χ1n) is 8.40. The maximum atomic E-state index is 5.62. The van der Waals surface area contributed by atoms with Crippen LogP contribution >= 0.6 is 0 Å². The van der Waals surface area contributed by atoms with Gasteiger partial charge in [-0.15, -0.1) is 0 Å². The Kier molecular flexibility index (Phi) is 4.99. The van der Waals surface area contributed by atoms with E-state index in [9.17, 15) is 0 Å². The molecule has 1 N–H and O–H groups in total. The topological polar surface area (TPSA) is 37.6 Å². The lowest BCUT2D eigenvalue weighted by Crippen LogP contribution is -2.59. The average molecular weight is 292 g/mol. The molecule has 2 saturated heterocycles. The standard InChI is InChI=1S/C17H28N2O2/c1-15(16-6-5-11-21-16)18-14-17(7-12-20-13-8-17)19-9-3-2-4-10-19/h5-6,11,15,18H,2-4,7-10,12-14H2,1H3/t15-/m1/s1. The molecule has 2 fully saturated rings. The van der Waals surface area contributed by atoms with Crippen molar-refractivity contribution in [3.63, 3.8) is 0 Å². The van der Waals surface area contributed by atoms with Gasteiger partial charge in [-0.05, 0) is 57.8 Å². The maximum absolute atomic E-state index is 5.62. The average Bonchev–Trinajstić information content (AvgIpc) is 3.09. The minimum atomic E-state index is 0.268. The Morgan fingerprint density at radius 2 is 2.00 bits per heavy atom. The van der Waals surface area contributed by atoms with Crippen LogP contribution in [-0.2, 0) is 4.74 Å². The number of rotatable bonds is 5. The fourth-order valence-corrected chi connectivity index (χ4v) is 3.71. The molecule has 4 heteroatoms. The van der Waals surface area contributed by atoms with Crippen molar-refractivity contribution >= 4 is 0 Å². The van der Waals surface area contributed by atoms with Gasteiger partial charge in [-0.2, -0.15) is 0 Å². The second-order valence-electron chi connectivity index (χ2n) is 6.50. The van der Waals surface area contributed by atoms with Gasteiger partial charge in [-0.25, -0.2) is 0 Å². The van der Waals surface area contributed by atoms with Gasteiger partial charge in [0.1, 0.15) is 5.76 Å². The number of nitrogens with zero attached hydrogens (tertiary/aromatic N) is 1. The van der Waals surface area contributed by atoms with E-state index in [0.29, 0.717) is 0 Å². The number of ether oxygens (including phenoxy) is 1. The molecular weight excluding hydrogens is 264 g/mol. The van der Waals surface area contributed by atoms with Crippen LogP contribution in [0.5, 0.6) is 0 Å². The molecule has 0 spiro atoms. The van der Waals surface area contributed by atoms with Crippen molar-refractivity contribution in [2.45, 2.75) is 50.6 Å². The van der Waals surface area contributed by atoms with Crippen LogP contribution in [0.2, 0.25) is 0 Å². The molecule has 0 saturated carbocycles. The number of piperidine rings is 1. The van der Waals surface area contributed by atoms with Crippen molar-refractivity contribution < 1.29 is 9.15 Å². The number of hydrogen-bond donors (Lipinski definition) is 1. The van der Waals surface area contributed by atoms with Crippen LogP contribution in [0, 0.1) is 0 Å². The van der Waals surface area contributed by atoms with E-state index in [1.54, 1.807) is 6.26 Å². The summed E-state index contributed by atoms with van der Waals surface area (Å²) in [5, 5.41) is 3.70. The SMILES string of the molecule is C[C@@H](NCC1(N2CCCCC2)CCOCC1)c1ccco1. The molecule has 2 aliphatic heterocycles. The van der Waals surface area contributed by atoms with Crippen LogP contribution in [0.4, 0.5) is 0 Å². The first kappa shape index (κ1) is 15.1. The van der Waals surface area contributed by atoms with Crippen molar-refractivity contribution in [3.05, 3.63) is 24.2 Å². The molecule has 0 radical (unpaired) electrons. The molecule has 0 amide bonds. The van der Waals surface area contributed by atoms with Crippen molar-refractivity contribution in [2.75, 3.05) is 32.8 Å². The first-order chi connectivity index (χ1) is 10.3. The fourth-order valence-electron chi connectivity index (χ4n) is 3.71. The Labute approximate surface area is 127 Å². The van der Waals surface area contributed by atoms with Gasteiger partial charge in [-0.3, -0.25) is 4.90 Å². The lowest BCUT2D eigenvalue weighted by atomic mass is 9.86. The largest absolute Gasteiger partial charge is 0.468 e. The van der Waals surface area contributed by atoms with Crippen LogP contribution < -0.4 is 5.32 Å². The molecule has 1 atom stereocenters. The van der Waals surface area contributed by atoms with E-state index in [-0.39, 0.29) is 11.6 Å². The third-order valence-corrected chi connectivity index (χ3v) is 5.16. The number of hydrogen-bond acceptors (Lipinski definition) is 4. The quantitative estimate of drug-likeness (QED) is 0.905. The summed E-state index contributed by atoms with van der Waals surface area (Å²) in [7, 11) is 0. The molecule has 1 aromatic heterocycles. The molecule has 3 rings (SSSR count). The summed E-state index contributed by atoms with van der Waals surface area (Å²) in [6.45, 7) is 7.49. The monoisotopic (exact) mass is 292 g/mol. The van der Waals surface area contributed by atoms with E-state index >= 15 is 0 Å².